The second-order valence-corrected chi connectivity index (χ2v) is 3.07. The largest absolute Gasteiger partial charge is 0.479 e. The fourth-order valence-electron chi connectivity index (χ4n) is 1.34. The second kappa shape index (κ2) is 5.45. The predicted octanol–water partition coefficient (Wildman–Crippen LogP) is -0.484. The minimum atomic E-state index is -0.448. The van der Waals surface area contributed by atoms with Crippen LogP contribution in [0.5, 0.6) is 6.01 Å². The van der Waals surface area contributed by atoms with Crippen molar-refractivity contribution in [3.63, 3.8) is 0 Å². The predicted molar refractivity (Wildman–Crippen MR) is 55.9 cm³/mol. The smallest absolute Gasteiger partial charge is 0.353 e. The van der Waals surface area contributed by atoms with Crippen molar-refractivity contribution >= 4 is 0 Å². The van der Waals surface area contributed by atoms with Crippen LogP contribution in [0.2, 0.25) is 0 Å². The van der Waals surface area contributed by atoms with Gasteiger partial charge in [0.2, 0.25) is 0 Å². The molecule has 0 aliphatic carbocycles. The Kier molecular flexibility index (Phi) is 4.23. The van der Waals surface area contributed by atoms with E-state index in [-0.39, 0.29) is 0 Å². The van der Waals surface area contributed by atoms with Crippen LogP contribution in [0.1, 0.15) is 19.7 Å². The van der Waals surface area contributed by atoms with E-state index in [9.17, 15) is 4.79 Å². The Labute approximate surface area is 88.0 Å². The summed E-state index contributed by atoms with van der Waals surface area (Å²) in [4.78, 5) is 18.6. The lowest BCUT2D eigenvalue weighted by atomic mass is 10.4. The van der Waals surface area contributed by atoms with Crippen LogP contribution in [-0.2, 0) is 13.0 Å². The van der Waals surface area contributed by atoms with Gasteiger partial charge in [0.25, 0.3) is 0 Å². The van der Waals surface area contributed by atoms with Gasteiger partial charge in [0.1, 0.15) is 5.82 Å². The third-order valence-corrected chi connectivity index (χ3v) is 2.06. The fraction of sp³-hybridized carbons (Fsp3) is 0.667. The molecule has 0 aliphatic heterocycles. The standard InChI is InChI=1S/C9H16N4O2/c1-3-10-6-5-7-11-8(14)12-9(15)13(7)4-2/h10H,3-6H2,1-2H3,(H,12,14,15). The first kappa shape index (κ1) is 11.6. The Hall–Kier alpha value is -1.43. The van der Waals surface area contributed by atoms with Gasteiger partial charge < -0.3 is 10.4 Å². The molecular weight excluding hydrogens is 196 g/mol. The summed E-state index contributed by atoms with van der Waals surface area (Å²) in [6.07, 6.45) is 0.604. The molecule has 15 heavy (non-hydrogen) atoms. The molecule has 0 amide bonds. The number of aromatic hydroxyl groups is 1. The maximum absolute atomic E-state index is 11.4. The highest BCUT2D eigenvalue weighted by atomic mass is 16.3. The molecule has 0 unspecified atom stereocenters. The molecule has 0 aromatic carbocycles. The molecule has 1 aromatic heterocycles. The zero-order valence-corrected chi connectivity index (χ0v) is 9.03. The lowest BCUT2D eigenvalue weighted by molar-refractivity contribution is 0.410. The minimum Gasteiger partial charge on any atom is -0.479 e. The van der Waals surface area contributed by atoms with Crippen LogP contribution in [0.4, 0.5) is 0 Å². The molecule has 6 heteroatoms. The number of hydrogen-bond donors (Lipinski definition) is 2. The SMILES string of the molecule is CCNCCc1nc(O)nc(=O)n1CC. The van der Waals surface area contributed by atoms with Crippen molar-refractivity contribution in [1.82, 2.24) is 19.9 Å². The first-order valence-electron chi connectivity index (χ1n) is 5.06. The van der Waals surface area contributed by atoms with E-state index in [0.717, 1.165) is 13.1 Å². The summed E-state index contributed by atoms with van der Waals surface area (Å²) in [7, 11) is 0. The average molecular weight is 212 g/mol. The lowest BCUT2D eigenvalue weighted by Crippen LogP contribution is -2.28. The maximum Gasteiger partial charge on any atom is 0.353 e. The summed E-state index contributed by atoms with van der Waals surface area (Å²) < 4.78 is 1.46. The molecule has 1 rings (SSSR count). The first-order chi connectivity index (χ1) is 7.19. The van der Waals surface area contributed by atoms with Gasteiger partial charge in [0.05, 0.1) is 0 Å². The van der Waals surface area contributed by atoms with E-state index in [1.807, 2.05) is 13.8 Å². The highest BCUT2D eigenvalue weighted by Gasteiger charge is 2.07. The van der Waals surface area contributed by atoms with Crippen LogP contribution >= 0.6 is 0 Å². The lowest BCUT2D eigenvalue weighted by Gasteiger charge is -2.08. The molecule has 0 radical (unpaired) electrons. The summed E-state index contributed by atoms with van der Waals surface area (Å²) >= 11 is 0. The topological polar surface area (TPSA) is 80.0 Å². The van der Waals surface area contributed by atoms with Gasteiger partial charge >= 0.3 is 11.7 Å². The van der Waals surface area contributed by atoms with Crippen molar-refractivity contribution in [2.75, 3.05) is 13.1 Å². The van der Waals surface area contributed by atoms with Crippen LogP contribution in [0.3, 0.4) is 0 Å². The van der Waals surface area contributed by atoms with Crippen LogP contribution in [-0.4, -0.2) is 32.7 Å². The number of nitrogens with zero attached hydrogens (tertiary/aromatic N) is 3. The number of hydrogen-bond acceptors (Lipinski definition) is 5. The third-order valence-electron chi connectivity index (χ3n) is 2.06. The van der Waals surface area contributed by atoms with Crippen molar-refractivity contribution in [2.24, 2.45) is 0 Å². The van der Waals surface area contributed by atoms with Gasteiger partial charge in [-0.15, -0.1) is 4.98 Å². The Morgan fingerprint density at radius 3 is 2.73 bits per heavy atom. The third kappa shape index (κ3) is 3.02. The van der Waals surface area contributed by atoms with Crippen molar-refractivity contribution in [3.05, 3.63) is 16.3 Å². The van der Waals surface area contributed by atoms with Crippen molar-refractivity contribution < 1.29 is 5.11 Å². The van der Waals surface area contributed by atoms with Gasteiger partial charge in [-0.25, -0.2) is 4.79 Å². The minimum absolute atomic E-state index is 0.448. The highest BCUT2D eigenvalue weighted by molar-refractivity contribution is 4.96. The van der Waals surface area contributed by atoms with Gasteiger partial charge in [-0.2, -0.15) is 4.98 Å². The molecule has 0 spiro atoms. The molecular formula is C9H16N4O2. The Morgan fingerprint density at radius 2 is 2.13 bits per heavy atom. The number of aromatic nitrogens is 3. The molecule has 0 fully saturated rings. The van der Waals surface area contributed by atoms with Crippen molar-refractivity contribution in [3.8, 4) is 6.01 Å². The maximum atomic E-state index is 11.4. The molecule has 1 heterocycles. The summed E-state index contributed by atoms with van der Waals surface area (Å²) in [5.74, 6) is 0.566. The summed E-state index contributed by atoms with van der Waals surface area (Å²) in [6.45, 7) is 5.96. The van der Waals surface area contributed by atoms with Crippen molar-refractivity contribution in [2.45, 2.75) is 26.8 Å². The molecule has 0 atom stereocenters. The molecule has 84 valence electrons. The Bertz CT molecular complexity index is 375. The van der Waals surface area contributed by atoms with Crippen LogP contribution < -0.4 is 11.0 Å². The quantitative estimate of drug-likeness (QED) is 0.644. The highest BCUT2D eigenvalue weighted by Crippen LogP contribution is 1.98. The molecule has 0 bridgehead atoms. The van der Waals surface area contributed by atoms with E-state index in [2.05, 4.69) is 15.3 Å². The molecule has 2 N–H and O–H groups in total. The molecule has 6 nitrogen and oxygen atoms in total. The van der Waals surface area contributed by atoms with Crippen LogP contribution in [0.15, 0.2) is 4.79 Å². The van der Waals surface area contributed by atoms with Crippen LogP contribution in [0.25, 0.3) is 0 Å². The number of rotatable bonds is 5. The zero-order valence-electron chi connectivity index (χ0n) is 9.03. The summed E-state index contributed by atoms with van der Waals surface area (Å²) in [6, 6.07) is -0.448. The monoisotopic (exact) mass is 212 g/mol. The van der Waals surface area contributed by atoms with Gasteiger partial charge in [0, 0.05) is 19.5 Å². The molecule has 0 aliphatic rings. The fourth-order valence-corrected chi connectivity index (χ4v) is 1.34. The van der Waals surface area contributed by atoms with E-state index < -0.39 is 11.7 Å². The molecule has 1 aromatic rings. The molecule has 0 saturated carbocycles. The van der Waals surface area contributed by atoms with E-state index in [0.29, 0.717) is 18.8 Å². The molecule has 0 saturated heterocycles. The number of nitrogens with one attached hydrogen (secondary N) is 1. The normalized spacial score (nSPS) is 10.5. The van der Waals surface area contributed by atoms with Gasteiger partial charge in [-0.1, -0.05) is 6.92 Å². The van der Waals surface area contributed by atoms with Gasteiger partial charge in [-0.05, 0) is 13.5 Å². The van der Waals surface area contributed by atoms with E-state index in [4.69, 9.17) is 5.11 Å². The van der Waals surface area contributed by atoms with Gasteiger partial charge in [-0.3, -0.25) is 4.57 Å². The van der Waals surface area contributed by atoms with E-state index in [1.54, 1.807) is 0 Å². The van der Waals surface area contributed by atoms with Gasteiger partial charge in [0.15, 0.2) is 0 Å². The second-order valence-electron chi connectivity index (χ2n) is 3.07. The van der Waals surface area contributed by atoms with E-state index in [1.165, 1.54) is 4.57 Å². The zero-order chi connectivity index (χ0) is 11.3. The van der Waals surface area contributed by atoms with Crippen molar-refractivity contribution in [1.29, 1.82) is 0 Å². The summed E-state index contributed by atoms with van der Waals surface area (Å²) in [5.41, 5.74) is -0.448. The number of likely N-dealkylation sites (N-methyl/N-ethyl adjacent to an activating group) is 1. The van der Waals surface area contributed by atoms with Crippen LogP contribution in [0, 0.1) is 0 Å². The Balaban J connectivity index is 2.89. The summed E-state index contributed by atoms with van der Waals surface area (Å²) in [5, 5.41) is 12.2. The Morgan fingerprint density at radius 1 is 1.40 bits per heavy atom. The van der Waals surface area contributed by atoms with E-state index >= 15 is 0 Å². The average Bonchev–Trinajstić information content (AvgIpc) is 2.17. The first-order valence-corrected chi connectivity index (χ1v) is 5.06.